The van der Waals surface area contributed by atoms with E-state index in [-0.39, 0.29) is 5.38 Å². The van der Waals surface area contributed by atoms with Crippen LogP contribution < -0.4 is 0 Å². The summed E-state index contributed by atoms with van der Waals surface area (Å²) in [4.78, 5) is 0. The van der Waals surface area contributed by atoms with Gasteiger partial charge >= 0.3 is 0 Å². The zero-order valence-corrected chi connectivity index (χ0v) is 10.7. The highest BCUT2D eigenvalue weighted by Crippen LogP contribution is 2.14. The van der Waals surface area contributed by atoms with Crippen molar-refractivity contribution in [1.82, 2.24) is 0 Å². The number of sulfone groups is 1. The molecule has 0 fully saturated rings. The van der Waals surface area contributed by atoms with Gasteiger partial charge in [0.05, 0.1) is 0 Å². The molecule has 0 aliphatic heterocycles. The number of hydrogen-bond acceptors (Lipinski definition) is 2. The molecule has 0 saturated heterocycles. The Hall–Kier alpha value is 0.240. The van der Waals surface area contributed by atoms with Crippen LogP contribution in [0.2, 0.25) is 0 Å². The van der Waals surface area contributed by atoms with Gasteiger partial charge in [-0.1, -0.05) is 26.2 Å². The predicted molar refractivity (Wildman–Crippen MR) is 62.7 cm³/mol. The lowest BCUT2D eigenvalue weighted by Gasteiger charge is -2.06. The van der Waals surface area contributed by atoms with Gasteiger partial charge in [-0.2, -0.15) is 0 Å². The van der Waals surface area contributed by atoms with Gasteiger partial charge in [-0.15, -0.1) is 11.6 Å². The zero-order chi connectivity index (χ0) is 11.0. The van der Waals surface area contributed by atoms with E-state index in [1.54, 1.807) is 0 Å². The number of hydrogen-bond donors (Lipinski definition) is 0. The molecular weight excluding hydrogens is 220 g/mol. The predicted octanol–water partition coefficient (Wildman–Crippen LogP) is 3.00. The lowest BCUT2D eigenvalue weighted by atomic mass is 10.1. The van der Waals surface area contributed by atoms with E-state index in [1.807, 2.05) is 0 Å². The number of halogens is 1. The summed E-state index contributed by atoms with van der Waals surface area (Å²) >= 11 is 6.03. The highest BCUT2D eigenvalue weighted by molar-refractivity contribution is 7.90. The van der Waals surface area contributed by atoms with Crippen molar-refractivity contribution in [3.8, 4) is 0 Å². The van der Waals surface area contributed by atoms with E-state index in [2.05, 4.69) is 6.92 Å². The van der Waals surface area contributed by atoms with Crippen molar-refractivity contribution in [2.75, 3.05) is 12.0 Å². The van der Waals surface area contributed by atoms with Crippen molar-refractivity contribution in [2.24, 2.45) is 0 Å². The molecule has 0 aliphatic rings. The molecule has 0 spiro atoms. The third-order valence-corrected chi connectivity index (χ3v) is 3.60. The minimum Gasteiger partial charge on any atom is -0.229 e. The molecule has 86 valence electrons. The van der Waals surface area contributed by atoms with Crippen molar-refractivity contribution >= 4 is 21.4 Å². The van der Waals surface area contributed by atoms with Crippen molar-refractivity contribution in [3.63, 3.8) is 0 Å². The molecule has 0 aromatic rings. The Morgan fingerprint density at radius 3 is 2.29 bits per heavy atom. The van der Waals surface area contributed by atoms with Gasteiger partial charge in [0.2, 0.25) is 0 Å². The van der Waals surface area contributed by atoms with Crippen LogP contribution in [0.5, 0.6) is 0 Å². The van der Waals surface area contributed by atoms with E-state index in [0.29, 0.717) is 5.75 Å². The standard InChI is InChI=1S/C10H21ClO2S/c1-3-7-10(11)8-5-4-6-9-14(2,12)13/h10H,3-9H2,1-2H3. The van der Waals surface area contributed by atoms with E-state index >= 15 is 0 Å². The second-order valence-corrected chi connectivity index (χ2v) is 6.74. The van der Waals surface area contributed by atoms with Gasteiger partial charge in [-0.05, 0) is 19.3 Å². The fourth-order valence-corrected chi connectivity index (χ4v) is 2.47. The molecule has 4 heteroatoms. The third-order valence-electron chi connectivity index (χ3n) is 2.13. The van der Waals surface area contributed by atoms with Gasteiger partial charge in [0.1, 0.15) is 9.84 Å². The summed E-state index contributed by atoms with van der Waals surface area (Å²) in [6.45, 7) is 2.12. The van der Waals surface area contributed by atoms with Crippen LogP contribution in [-0.2, 0) is 9.84 Å². The Labute approximate surface area is 93.0 Å². The fraction of sp³-hybridized carbons (Fsp3) is 1.00. The highest BCUT2D eigenvalue weighted by Gasteiger charge is 2.04. The fourth-order valence-electron chi connectivity index (χ4n) is 1.36. The SMILES string of the molecule is CCCC(Cl)CCCCCS(C)(=O)=O. The molecule has 1 unspecified atom stereocenters. The molecule has 14 heavy (non-hydrogen) atoms. The van der Waals surface area contributed by atoms with E-state index in [1.165, 1.54) is 6.26 Å². The summed E-state index contributed by atoms with van der Waals surface area (Å²) in [7, 11) is -2.77. The van der Waals surface area contributed by atoms with Crippen LogP contribution in [0.3, 0.4) is 0 Å². The van der Waals surface area contributed by atoms with Crippen molar-refractivity contribution in [2.45, 2.75) is 50.8 Å². The molecule has 0 heterocycles. The average Bonchev–Trinajstić information content (AvgIpc) is 2.02. The van der Waals surface area contributed by atoms with Gasteiger partial charge in [0.25, 0.3) is 0 Å². The smallest absolute Gasteiger partial charge is 0.147 e. The molecule has 0 saturated carbocycles. The Balaban J connectivity index is 3.30. The maximum Gasteiger partial charge on any atom is 0.147 e. The first-order valence-electron chi connectivity index (χ1n) is 5.27. The second-order valence-electron chi connectivity index (χ2n) is 3.87. The van der Waals surface area contributed by atoms with Gasteiger partial charge in [0.15, 0.2) is 0 Å². The van der Waals surface area contributed by atoms with Gasteiger partial charge in [-0.3, -0.25) is 0 Å². The number of rotatable bonds is 8. The summed E-state index contributed by atoms with van der Waals surface area (Å²) < 4.78 is 21.6. The zero-order valence-electron chi connectivity index (χ0n) is 9.13. The van der Waals surface area contributed by atoms with Crippen LogP contribution in [0.4, 0.5) is 0 Å². The number of alkyl halides is 1. The molecule has 0 aromatic carbocycles. The summed E-state index contributed by atoms with van der Waals surface area (Å²) in [5, 5.41) is 0.276. The van der Waals surface area contributed by atoms with Crippen LogP contribution in [0.15, 0.2) is 0 Å². The molecule has 0 aromatic heterocycles. The van der Waals surface area contributed by atoms with E-state index in [4.69, 9.17) is 11.6 Å². The van der Waals surface area contributed by atoms with E-state index in [0.717, 1.165) is 38.5 Å². The summed E-state index contributed by atoms with van der Waals surface area (Å²) in [5.74, 6) is 0.313. The highest BCUT2D eigenvalue weighted by atomic mass is 35.5. The molecular formula is C10H21ClO2S. The molecule has 0 amide bonds. The van der Waals surface area contributed by atoms with E-state index in [9.17, 15) is 8.42 Å². The quantitative estimate of drug-likeness (QED) is 0.483. The monoisotopic (exact) mass is 240 g/mol. The van der Waals surface area contributed by atoms with Crippen LogP contribution in [-0.4, -0.2) is 25.8 Å². The topological polar surface area (TPSA) is 34.1 Å². The first kappa shape index (κ1) is 14.2. The van der Waals surface area contributed by atoms with Crippen LogP contribution in [0.1, 0.15) is 45.4 Å². The summed E-state index contributed by atoms with van der Waals surface area (Å²) in [6.07, 6.45) is 7.27. The molecule has 0 radical (unpaired) electrons. The normalized spacial score (nSPS) is 14.2. The van der Waals surface area contributed by atoms with Crippen molar-refractivity contribution < 1.29 is 8.42 Å². The maximum absolute atomic E-state index is 10.8. The minimum absolute atomic E-state index is 0.276. The molecule has 2 nitrogen and oxygen atoms in total. The summed E-state index contributed by atoms with van der Waals surface area (Å²) in [6, 6.07) is 0. The lowest BCUT2D eigenvalue weighted by molar-refractivity contribution is 0.585. The number of unbranched alkanes of at least 4 members (excludes halogenated alkanes) is 2. The second kappa shape index (κ2) is 7.52. The Bertz CT molecular complexity index is 224. The van der Waals surface area contributed by atoms with Crippen LogP contribution in [0, 0.1) is 0 Å². The van der Waals surface area contributed by atoms with E-state index < -0.39 is 9.84 Å². The lowest BCUT2D eigenvalue weighted by Crippen LogP contribution is -2.03. The average molecular weight is 241 g/mol. The van der Waals surface area contributed by atoms with Crippen LogP contribution >= 0.6 is 11.6 Å². The Kier molecular flexibility index (Phi) is 7.65. The van der Waals surface area contributed by atoms with Crippen LogP contribution in [0.25, 0.3) is 0 Å². The largest absolute Gasteiger partial charge is 0.229 e. The van der Waals surface area contributed by atoms with Crippen molar-refractivity contribution in [1.29, 1.82) is 0 Å². The van der Waals surface area contributed by atoms with Crippen molar-refractivity contribution in [3.05, 3.63) is 0 Å². The maximum atomic E-state index is 10.8. The first-order valence-corrected chi connectivity index (χ1v) is 7.77. The summed E-state index contributed by atoms with van der Waals surface area (Å²) in [5.41, 5.74) is 0. The molecule has 0 bridgehead atoms. The molecule has 1 atom stereocenters. The molecule has 0 N–H and O–H groups in total. The van der Waals surface area contributed by atoms with Gasteiger partial charge in [0, 0.05) is 17.4 Å². The third kappa shape index (κ3) is 10.3. The van der Waals surface area contributed by atoms with Gasteiger partial charge < -0.3 is 0 Å². The Morgan fingerprint density at radius 1 is 1.14 bits per heavy atom. The molecule has 0 aliphatic carbocycles. The Morgan fingerprint density at radius 2 is 1.79 bits per heavy atom. The first-order chi connectivity index (χ1) is 6.45. The minimum atomic E-state index is -2.77. The molecule has 0 rings (SSSR count). The van der Waals surface area contributed by atoms with Gasteiger partial charge in [-0.25, -0.2) is 8.42 Å².